The van der Waals surface area contributed by atoms with Gasteiger partial charge in [-0.2, -0.15) is 0 Å². The van der Waals surface area contributed by atoms with Crippen LogP contribution in [0.4, 0.5) is 10.5 Å². The van der Waals surface area contributed by atoms with Crippen LogP contribution in [0.25, 0.3) is 33.6 Å². The highest BCUT2D eigenvalue weighted by atomic mass is 16.6. The maximum atomic E-state index is 12.2. The van der Waals surface area contributed by atoms with Crippen LogP contribution in [-0.4, -0.2) is 23.8 Å². The molecule has 0 radical (unpaired) electrons. The van der Waals surface area contributed by atoms with Gasteiger partial charge in [-0.25, -0.2) is 4.79 Å². The van der Waals surface area contributed by atoms with Crippen molar-refractivity contribution in [2.75, 3.05) is 11.9 Å². The number of carbonyl (C=O) groups excluding carboxylic acids is 1. The van der Waals surface area contributed by atoms with Gasteiger partial charge in [0.15, 0.2) is 11.8 Å². The summed E-state index contributed by atoms with van der Waals surface area (Å²) in [5, 5.41) is 5.93. The van der Waals surface area contributed by atoms with Gasteiger partial charge in [0.1, 0.15) is 11.3 Å². The summed E-state index contributed by atoms with van der Waals surface area (Å²) in [7, 11) is 0. The van der Waals surface area contributed by atoms with Gasteiger partial charge in [-0.05, 0) is 43.1 Å². The Kier molecular flexibility index (Phi) is 4.91. The number of pyridine rings is 1. The Morgan fingerprint density at radius 1 is 1.07 bits per heavy atom. The lowest BCUT2D eigenvalue weighted by Gasteiger charge is -2.13. The predicted octanol–water partition coefficient (Wildman–Crippen LogP) is 5.42. The van der Waals surface area contributed by atoms with E-state index in [0.29, 0.717) is 11.4 Å². The number of aromatic nitrogens is 1. The third kappa shape index (κ3) is 3.77. The topological polar surface area (TPSA) is 76.4 Å². The van der Waals surface area contributed by atoms with Crippen molar-refractivity contribution in [3.63, 3.8) is 0 Å². The summed E-state index contributed by atoms with van der Waals surface area (Å²) >= 11 is 0. The fraction of sp³-hybridized carbons (Fsp3) is 0.167. The average molecular weight is 399 g/mol. The quantitative estimate of drug-likeness (QED) is 0.479. The van der Waals surface area contributed by atoms with E-state index in [1.54, 1.807) is 6.20 Å². The fourth-order valence-corrected chi connectivity index (χ4v) is 3.71. The molecule has 1 atom stereocenters. The zero-order valence-corrected chi connectivity index (χ0v) is 16.3. The summed E-state index contributed by atoms with van der Waals surface area (Å²) in [5.41, 5.74) is 5.09. The summed E-state index contributed by atoms with van der Waals surface area (Å²) in [4.78, 5) is 16.6. The molecular formula is C24H21N3O3. The van der Waals surface area contributed by atoms with E-state index in [0.717, 1.165) is 47.2 Å². The van der Waals surface area contributed by atoms with Crippen molar-refractivity contribution < 1.29 is 13.9 Å². The van der Waals surface area contributed by atoms with E-state index in [1.807, 2.05) is 66.7 Å². The van der Waals surface area contributed by atoms with Gasteiger partial charge in [-0.1, -0.05) is 42.5 Å². The van der Waals surface area contributed by atoms with Crippen molar-refractivity contribution in [3.05, 3.63) is 72.9 Å². The lowest BCUT2D eigenvalue weighted by molar-refractivity contribution is 0.102. The highest BCUT2D eigenvalue weighted by Gasteiger charge is 2.18. The van der Waals surface area contributed by atoms with Crippen LogP contribution in [0, 0.1) is 0 Å². The minimum Gasteiger partial charge on any atom is -0.454 e. The first-order valence-electron chi connectivity index (χ1n) is 10.0. The summed E-state index contributed by atoms with van der Waals surface area (Å²) in [6, 6.07) is 21.5. The Bertz CT molecular complexity index is 1180. The van der Waals surface area contributed by atoms with E-state index >= 15 is 0 Å². The molecule has 1 aliphatic heterocycles. The van der Waals surface area contributed by atoms with Crippen LogP contribution in [0.15, 0.2) is 77.3 Å². The molecule has 2 aromatic carbocycles. The van der Waals surface area contributed by atoms with E-state index in [9.17, 15) is 4.79 Å². The molecule has 0 aliphatic carbocycles. The minimum atomic E-state index is -0.468. The smallest absolute Gasteiger partial charge is 0.413 e. The lowest BCUT2D eigenvalue weighted by Crippen LogP contribution is -2.29. The molecule has 1 fully saturated rings. The van der Waals surface area contributed by atoms with Crippen LogP contribution in [0.2, 0.25) is 0 Å². The molecule has 0 unspecified atom stereocenters. The Morgan fingerprint density at radius 3 is 2.77 bits per heavy atom. The van der Waals surface area contributed by atoms with Gasteiger partial charge < -0.3 is 9.15 Å². The van der Waals surface area contributed by atoms with Crippen molar-refractivity contribution in [2.24, 2.45) is 0 Å². The van der Waals surface area contributed by atoms with Crippen molar-refractivity contribution >= 4 is 22.9 Å². The minimum absolute atomic E-state index is 0.217. The molecule has 6 nitrogen and oxygen atoms in total. The standard InChI is InChI=1S/C24H21N3O3/c28-24(30-22-10-5-12-26-22)27-18-9-4-8-17(14-18)21-15-20-23(29-21)19(11-13-25-20)16-6-2-1-3-7-16/h1-4,6-9,11,13-15,22,26H,5,10,12H2,(H,27,28)/t22-/m0/s1. The predicted molar refractivity (Wildman–Crippen MR) is 116 cm³/mol. The van der Waals surface area contributed by atoms with Gasteiger partial charge in [-0.3, -0.25) is 15.6 Å². The number of benzene rings is 2. The van der Waals surface area contributed by atoms with E-state index in [1.165, 1.54) is 0 Å². The molecule has 1 aliphatic rings. The number of hydrogen-bond donors (Lipinski definition) is 2. The Balaban J connectivity index is 1.42. The molecule has 0 bridgehead atoms. The lowest BCUT2D eigenvalue weighted by atomic mass is 10.1. The average Bonchev–Trinajstić information content (AvgIpc) is 3.44. The molecule has 3 heterocycles. The number of furan rings is 1. The molecular weight excluding hydrogens is 378 g/mol. The van der Waals surface area contributed by atoms with Gasteiger partial charge in [0, 0.05) is 29.1 Å². The van der Waals surface area contributed by atoms with Crippen molar-refractivity contribution in [1.82, 2.24) is 10.3 Å². The Hall–Kier alpha value is -3.64. The molecule has 6 heteroatoms. The summed E-state index contributed by atoms with van der Waals surface area (Å²) in [6.07, 6.45) is 2.95. The van der Waals surface area contributed by atoms with Crippen molar-refractivity contribution in [2.45, 2.75) is 19.1 Å². The number of anilines is 1. The highest BCUT2D eigenvalue weighted by Crippen LogP contribution is 2.34. The molecule has 30 heavy (non-hydrogen) atoms. The number of nitrogens with one attached hydrogen (secondary N) is 2. The van der Waals surface area contributed by atoms with E-state index in [-0.39, 0.29) is 6.23 Å². The van der Waals surface area contributed by atoms with Gasteiger partial charge in [0.05, 0.1) is 0 Å². The number of carbonyl (C=O) groups is 1. The van der Waals surface area contributed by atoms with Gasteiger partial charge in [0.2, 0.25) is 0 Å². The summed E-state index contributed by atoms with van der Waals surface area (Å²) in [6.45, 7) is 0.874. The van der Waals surface area contributed by atoms with E-state index in [4.69, 9.17) is 9.15 Å². The van der Waals surface area contributed by atoms with Gasteiger partial charge in [0.25, 0.3) is 0 Å². The number of fused-ring (bicyclic) bond motifs is 1. The first kappa shape index (κ1) is 18.4. The third-order valence-corrected chi connectivity index (χ3v) is 5.15. The van der Waals surface area contributed by atoms with Gasteiger partial charge >= 0.3 is 6.09 Å². The van der Waals surface area contributed by atoms with Crippen LogP contribution >= 0.6 is 0 Å². The summed E-state index contributed by atoms with van der Waals surface area (Å²) < 4.78 is 11.6. The van der Waals surface area contributed by atoms with E-state index < -0.39 is 6.09 Å². The molecule has 1 amide bonds. The molecule has 1 saturated heterocycles. The first-order chi connectivity index (χ1) is 14.8. The monoisotopic (exact) mass is 399 g/mol. The van der Waals surface area contributed by atoms with Crippen molar-refractivity contribution in [1.29, 1.82) is 0 Å². The first-order valence-corrected chi connectivity index (χ1v) is 10.0. The second-order valence-electron chi connectivity index (χ2n) is 7.25. The normalized spacial score (nSPS) is 15.9. The number of hydrogen-bond acceptors (Lipinski definition) is 5. The second-order valence-corrected chi connectivity index (χ2v) is 7.25. The third-order valence-electron chi connectivity index (χ3n) is 5.15. The van der Waals surface area contributed by atoms with Crippen LogP contribution in [0.1, 0.15) is 12.8 Å². The molecule has 150 valence electrons. The molecule has 0 saturated carbocycles. The maximum absolute atomic E-state index is 12.2. The number of rotatable bonds is 4. The second kappa shape index (κ2) is 8.00. The van der Waals surface area contributed by atoms with Crippen molar-refractivity contribution in [3.8, 4) is 22.5 Å². The SMILES string of the molecule is O=C(Nc1cccc(-c2cc3nccc(-c4ccccc4)c3o2)c1)O[C@H]1CCCN1. The van der Waals surface area contributed by atoms with Crippen LogP contribution < -0.4 is 10.6 Å². The zero-order chi connectivity index (χ0) is 20.3. The number of amides is 1. The highest BCUT2D eigenvalue weighted by molar-refractivity contribution is 5.93. The Labute approximate surface area is 173 Å². The summed E-state index contributed by atoms with van der Waals surface area (Å²) in [5.74, 6) is 0.690. The number of nitrogens with zero attached hydrogens (tertiary/aromatic N) is 1. The largest absolute Gasteiger partial charge is 0.454 e. The Morgan fingerprint density at radius 2 is 1.93 bits per heavy atom. The molecule has 0 spiro atoms. The molecule has 2 N–H and O–H groups in total. The zero-order valence-electron chi connectivity index (χ0n) is 16.3. The van der Waals surface area contributed by atoms with E-state index in [2.05, 4.69) is 15.6 Å². The maximum Gasteiger partial charge on any atom is 0.413 e. The molecule has 2 aromatic heterocycles. The van der Waals surface area contributed by atoms with Gasteiger partial charge in [-0.15, -0.1) is 0 Å². The fourth-order valence-electron chi connectivity index (χ4n) is 3.71. The number of ether oxygens (including phenoxy) is 1. The van der Waals surface area contributed by atoms with Crippen LogP contribution in [-0.2, 0) is 4.74 Å². The van der Waals surface area contributed by atoms with Crippen LogP contribution in [0.3, 0.4) is 0 Å². The molecule has 4 aromatic rings. The van der Waals surface area contributed by atoms with Crippen LogP contribution in [0.5, 0.6) is 0 Å². The molecule has 5 rings (SSSR count).